The van der Waals surface area contributed by atoms with Gasteiger partial charge in [-0.15, -0.1) is 0 Å². The van der Waals surface area contributed by atoms with Gasteiger partial charge in [0, 0.05) is 25.3 Å². The van der Waals surface area contributed by atoms with Crippen LogP contribution in [0.2, 0.25) is 0 Å². The van der Waals surface area contributed by atoms with Gasteiger partial charge in [0.2, 0.25) is 0 Å². The lowest BCUT2D eigenvalue weighted by Gasteiger charge is -2.20. The fourth-order valence-corrected chi connectivity index (χ4v) is 2.53. The Kier molecular flexibility index (Phi) is 3.43. The lowest BCUT2D eigenvalue weighted by Crippen LogP contribution is -2.26. The molecule has 1 fully saturated rings. The van der Waals surface area contributed by atoms with Crippen LogP contribution in [0.25, 0.3) is 0 Å². The normalized spacial score (nSPS) is 25.1. The number of aromatic nitrogens is 1. The quantitative estimate of drug-likeness (QED) is 0.869. The summed E-state index contributed by atoms with van der Waals surface area (Å²) in [5.74, 6) is -0.236. The number of carboxylic acids is 1. The molecule has 0 spiro atoms. The summed E-state index contributed by atoms with van der Waals surface area (Å²) in [6.07, 6.45) is 2.79. The van der Waals surface area contributed by atoms with E-state index in [4.69, 9.17) is 5.11 Å². The number of pyridine rings is 1. The average Bonchev–Trinajstić information content (AvgIpc) is 2.58. The summed E-state index contributed by atoms with van der Waals surface area (Å²) in [5.41, 5.74) is 1.15. The Labute approximate surface area is 101 Å². The second-order valence-corrected chi connectivity index (χ2v) is 4.97. The first kappa shape index (κ1) is 12.0. The van der Waals surface area contributed by atoms with E-state index in [0.29, 0.717) is 6.04 Å². The zero-order chi connectivity index (χ0) is 12.4. The van der Waals surface area contributed by atoms with Crippen molar-refractivity contribution >= 4 is 5.97 Å². The molecule has 1 aliphatic rings. The van der Waals surface area contributed by atoms with Gasteiger partial charge in [-0.25, -0.2) is 9.78 Å². The highest BCUT2D eigenvalue weighted by Gasteiger charge is 2.25. The summed E-state index contributed by atoms with van der Waals surface area (Å²) in [6, 6.07) is 4.13. The molecule has 2 atom stereocenters. The molecule has 1 aromatic rings. The van der Waals surface area contributed by atoms with Gasteiger partial charge in [-0.05, 0) is 37.0 Å². The number of aromatic carboxylic acids is 1. The maximum Gasteiger partial charge on any atom is 0.354 e. The highest BCUT2D eigenvalue weighted by atomic mass is 16.4. The molecule has 0 aromatic carbocycles. The fourth-order valence-electron chi connectivity index (χ4n) is 2.53. The molecule has 2 rings (SSSR count). The van der Waals surface area contributed by atoms with Gasteiger partial charge in [-0.1, -0.05) is 6.92 Å². The van der Waals surface area contributed by atoms with Gasteiger partial charge in [-0.2, -0.15) is 0 Å². The number of likely N-dealkylation sites (tertiary alicyclic amines) is 1. The Morgan fingerprint density at radius 1 is 1.59 bits per heavy atom. The van der Waals surface area contributed by atoms with Gasteiger partial charge < -0.3 is 5.11 Å². The van der Waals surface area contributed by atoms with Crippen molar-refractivity contribution < 1.29 is 9.90 Å². The number of hydrogen-bond donors (Lipinski definition) is 1. The van der Waals surface area contributed by atoms with Crippen molar-refractivity contribution in [3.05, 3.63) is 29.6 Å². The molecule has 1 aliphatic heterocycles. The van der Waals surface area contributed by atoms with E-state index < -0.39 is 5.97 Å². The van der Waals surface area contributed by atoms with Crippen molar-refractivity contribution in [2.45, 2.75) is 32.9 Å². The lowest BCUT2D eigenvalue weighted by atomic mass is 10.1. The molecule has 92 valence electrons. The minimum atomic E-state index is -0.963. The van der Waals surface area contributed by atoms with Crippen molar-refractivity contribution in [2.75, 3.05) is 6.54 Å². The van der Waals surface area contributed by atoms with Gasteiger partial charge in [-0.3, -0.25) is 4.90 Å². The predicted octanol–water partition coefficient (Wildman–Crippen LogP) is 2.01. The van der Waals surface area contributed by atoms with E-state index in [0.717, 1.165) is 24.6 Å². The number of hydrogen-bond acceptors (Lipinski definition) is 3. The summed E-state index contributed by atoms with van der Waals surface area (Å²) >= 11 is 0. The van der Waals surface area contributed by atoms with E-state index in [9.17, 15) is 4.79 Å². The SMILES string of the molecule is CC1CC(C)N(Cc2ccnc(C(=O)O)c2)C1. The highest BCUT2D eigenvalue weighted by Crippen LogP contribution is 2.24. The lowest BCUT2D eigenvalue weighted by molar-refractivity contribution is 0.0690. The first-order valence-corrected chi connectivity index (χ1v) is 5.98. The van der Waals surface area contributed by atoms with Gasteiger partial charge in [0.05, 0.1) is 0 Å². The smallest absolute Gasteiger partial charge is 0.354 e. The van der Waals surface area contributed by atoms with E-state index in [1.807, 2.05) is 6.07 Å². The standard InChI is InChI=1S/C13H18N2O2/c1-9-5-10(2)15(7-9)8-11-3-4-14-12(6-11)13(16)17/h3-4,6,9-10H,5,7-8H2,1-2H3,(H,16,17). The molecule has 2 heterocycles. The Hall–Kier alpha value is -1.42. The summed E-state index contributed by atoms with van der Waals surface area (Å²) in [6.45, 7) is 6.38. The number of nitrogens with zero attached hydrogens (tertiary/aromatic N) is 2. The topological polar surface area (TPSA) is 53.4 Å². The second-order valence-electron chi connectivity index (χ2n) is 4.97. The molecule has 4 nitrogen and oxygen atoms in total. The number of rotatable bonds is 3. The molecule has 17 heavy (non-hydrogen) atoms. The number of carbonyl (C=O) groups is 1. The maximum absolute atomic E-state index is 10.8. The van der Waals surface area contributed by atoms with Crippen LogP contribution in [0.15, 0.2) is 18.3 Å². The Bertz CT molecular complexity index is 420. The Balaban J connectivity index is 2.08. The molecule has 1 N–H and O–H groups in total. The minimum Gasteiger partial charge on any atom is -0.477 e. The van der Waals surface area contributed by atoms with Crippen LogP contribution >= 0.6 is 0 Å². The summed E-state index contributed by atoms with van der Waals surface area (Å²) in [4.78, 5) is 17.1. The molecule has 1 aromatic heterocycles. The van der Waals surface area contributed by atoms with E-state index in [1.54, 1.807) is 12.3 Å². The van der Waals surface area contributed by atoms with Crippen LogP contribution in [0.4, 0.5) is 0 Å². The van der Waals surface area contributed by atoms with Crippen LogP contribution in [0.5, 0.6) is 0 Å². The fraction of sp³-hybridized carbons (Fsp3) is 0.538. The van der Waals surface area contributed by atoms with Gasteiger partial charge in [0.25, 0.3) is 0 Å². The molecule has 0 amide bonds. The molecule has 0 bridgehead atoms. The molecule has 0 radical (unpaired) electrons. The molecule has 0 aliphatic carbocycles. The van der Waals surface area contributed by atoms with Crippen molar-refractivity contribution in [3.63, 3.8) is 0 Å². The third-order valence-corrected chi connectivity index (χ3v) is 3.34. The zero-order valence-corrected chi connectivity index (χ0v) is 10.3. The molecular weight excluding hydrogens is 216 g/mol. The number of carboxylic acid groups (broad SMARTS) is 1. The van der Waals surface area contributed by atoms with E-state index in [2.05, 4.69) is 23.7 Å². The van der Waals surface area contributed by atoms with Crippen LogP contribution in [0.1, 0.15) is 36.3 Å². The van der Waals surface area contributed by atoms with Crippen LogP contribution in [0, 0.1) is 5.92 Å². The molecule has 1 saturated heterocycles. The van der Waals surface area contributed by atoms with Crippen molar-refractivity contribution in [1.82, 2.24) is 9.88 Å². The molecule has 0 saturated carbocycles. The summed E-state index contributed by atoms with van der Waals surface area (Å²) in [5, 5.41) is 8.89. The first-order chi connectivity index (χ1) is 8.06. The van der Waals surface area contributed by atoms with E-state index >= 15 is 0 Å². The summed E-state index contributed by atoms with van der Waals surface area (Å²) < 4.78 is 0. The largest absolute Gasteiger partial charge is 0.477 e. The molecule has 4 heteroatoms. The van der Waals surface area contributed by atoms with E-state index in [1.165, 1.54) is 6.42 Å². The van der Waals surface area contributed by atoms with Crippen LogP contribution in [-0.2, 0) is 6.54 Å². The maximum atomic E-state index is 10.8. The van der Waals surface area contributed by atoms with Gasteiger partial charge in [0.15, 0.2) is 0 Å². The van der Waals surface area contributed by atoms with Crippen LogP contribution in [0.3, 0.4) is 0 Å². The molecule has 2 unspecified atom stereocenters. The minimum absolute atomic E-state index is 0.127. The van der Waals surface area contributed by atoms with Gasteiger partial charge >= 0.3 is 5.97 Å². The van der Waals surface area contributed by atoms with Crippen molar-refractivity contribution in [2.24, 2.45) is 5.92 Å². The third kappa shape index (κ3) is 2.82. The monoisotopic (exact) mass is 234 g/mol. The summed E-state index contributed by atoms with van der Waals surface area (Å²) in [7, 11) is 0. The van der Waals surface area contributed by atoms with Crippen LogP contribution < -0.4 is 0 Å². The van der Waals surface area contributed by atoms with Crippen molar-refractivity contribution in [3.8, 4) is 0 Å². The average molecular weight is 234 g/mol. The first-order valence-electron chi connectivity index (χ1n) is 5.98. The highest BCUT2D eigenvalue weighted by molar-refractivity contribution is 5.85. The van der Waals surface area contributed by atoms with Crippen LogP contribution in [-0.4, -0.2) is 33.5 Å². The zero-order valence-electron chi connectivity index (χ0n) is 10.3. The third-order valence-electron chi connectivity index (χ3n) is 3.34. The Morgan fingerprint density at radius 3 is 2.94 bits per heavy atom. The van der Waals surface area contributed by atoms with Gasteiger partial charge in [0.1, 0.15) is 5.69 Å². The van der Waals surface area contributed by atoms with Crippen molar-refractivity contribution in [1.29, 1.82) is 0 Å². The van der Waals surface area contributed by atoms with E-state index in [-0.39, 0.29) is 5.69 Å². The molecular formula is C13H18N2O2. The Morgan fingerprint density at radius 2 is 2.35 bits per heavy atom. The predicted molar refractivity (Wildman–Crippen MR) is 64.8 cm³/mol. The second kappa shape index (κ2) is 4.84.